The molecule has 17 nitrogen and oxygen atoms in total. The predicted octanol–water partition coefficient (Wildman–Crippen LogP) is 21.7. The van der Waals surface area contributed by atoms with Crippen molar-refractivity contribution in [2.45, 2.75) is 395 Å². The Morgan fingerprint density at radius 3 is 0.755 bits per heavy atom. The van der Waals surface area contributed by atoms with E-state index in [1.54, 1.807) is 0 Å². The SMILES string of the molecule is CCC(C)CCCCCCCCCCC(=O)OC[C@H](COP(=O)(O)OC[C@@H](O)COP(=O)(O)OC[C@@H](COC(=O)CCCCCCCCCCC(C)CC)OC(=O)CCCCCCCCCCC(C)CC)OC(=O)CCCCCCCCCCCCCCCCCC(C)C. The van der Waals surface area contributed by atoms with Crippen molar-refractivity contribution in [1.29, 1.82) is 0 Å². The summed E-state index contributed by atoms with van der Waals surface area (Å²) in [5.74, 6) is 1.00. The highest BCUT2D eigenvalue weighted by Gasteiger charge is 2.30. The molecule has 0 aliphatic rings. The summed E-state index contributed by atoms with van der Waals surface area (Å²) in [4.78, 5) is 72.8. The lowest BCUT2D eigenvalue weighted by Crippen LogP contribution is -2.30. The first-order valence-electron chi connectivity index (χ1n) is 38.8. The standard InChI is InChI=1S/C75H146O17P2/c1-9-66(6)52-44-36-28-21-24-31-39-47-55-72(77)85-61-70(91-74(79)57-49-41-33-20-18-16-14-12-13-15-17-19-27-35-43-51-65(4)5)63-89-93(81,82)87-59-69(76)60-88-94(83,84)90-64-71(92-75(80)58-50-42-34-26-23-30-38-46-54-68(8)11-3)62-86-73(78)56-48-40-32-25-22-29-37-45-53-67(7)10-2/h65-71,76H,9-64H2,1-8H3,(H,81,82)(H,83,84)/t66?,67?,68?,69-,70-,71-/m1/s1. The molecule has 0 heterocycles. The highest BCUT2D eigenvalue weighted by atomic mass is 31.2. The average molecular weight is 1380 g/mol. The fourth-order valence-electron chi connectivity index (χ4n) is 11.3. The molecule has 0 aromatic rings. The molecule has 0 aliphatic carbocycles. The summed E-state index contributed by atoms with van der Waals surface area (Å²) in [6.07, 6.45) is 48.4. The van der Waals surface area contributed by atoms with E-state index >= 15 is 0 Å². The molecule has 0 spiro atoms. The van der Waals surface area contributed by atoms with Crippen molar-refractivity contribution < 1.29 is 80.2 Å². The predicted molar refractivity (Wildman–Crippen MR) is 381 cm³/mol. The van der Waals surface area contributed by atoms with Crippen LogP contribution in [-0.2, 0) is 65.4 Å². The zero-order valence-electron chi connectivity index (χ0n) is 61.6. The Balaban J connectivity index is 5.26. The number of carbonyl (C=O) groups excluding carboxylic acids is 4. The minimum Gasteiger partial charge on any atom is -0.462 e. The van der Waals surface area contributed by atoms with Crippen molar-refractivity contribution >= 4 is 39.5 Å². The van der Waals surface area contributed by atoms with Gasteiger partial charge in [0.2, 0.25) is 0 Å². The number of hydrogen-bond acceptors (Lipinski definition) is 15. The molecule has 3 N–H and O–H groups in total. The fourth-order valence-corrected chi connectivity index (χ4v) is 12.9. The molecule has 0 amide bonds. The van der Waals surface area contributed by atoms with Crippen LogP contribution in [0.3, 0.4) is 0 Å². The molecule has 0 saturated heterocycles. The van der Waals surface area contributed by atoms with Crippen LogP contribution < -0.4 is 0 Å². The Hall–Kier alpha value is -1.94. The van der Waals surface area contributed by atoms with Crippen molar-refractivity contribution in [2.24, 2.45) is 23.7 Å². The van der Waals surface area contributed by atoms with Crippen LogP contribution in [0.5, 0.6) is 0 Å². The zero-order valence-corrected chi connectivity index (χ0v) is 63.4. The molecule has 0 aromatic heterocycles. The lowest BCUT2D eigenvalue weighted by molar-refractivity contribution is -0.161. The van der Waals surface area contributed by atoms with Crippen molar-refractivity contribution in [3.8, 4) is 0 Å². The lowest BCUT2D eigenvalue weighted by atomic mass is 9.99. The Kier molecular flexibility index (Phi) is 63.1. The largest absolute Gasteiger partial charge is 0.472 e. The van der Waals surface area contributed by atoms with E-state index in [0.29, 0.717) is 25.7 Å². The van der Waals surface area contributed by atoms with Crippen LogP contribution in [0.2, 0.25) is 0 Å². The minimum atomic E-state index is -4.96. The highest BCUT2D eigenvalue weighted by Crippen LogP contribution is 2.45. The van der Waals surface area contributed by atoms with Gasteiger partial charge in [-0.25, -0.2) is 9.13 Å². The topological polar surface area (TPSA) is 237 Å². The van der Waals surface area contributed by atoms with Gasteiger partial charge in [-0.15, -0.1) is 0 Å². The first-order chi connectivity index (χ1) is 45.2. The third-order valence-electron chi connectivity index (χ3n) is 18.4. The van der Waals surface area contributed by atoms with Gasteiger partial charge in [-0.2, -0.15) is 0 Å². The number of aliphatic hydroxyl groups is 1. The summed E-state index contributed by atoms with van der Waals surface area (Å²) in [5, 5.41) is 10.6. The molecule has 8 atom stereocenters. The smallest absolute Gasteiger partial charge is 0.462 e. The van der Waals surface area contributed by atoms with Gasteiger partial charge in [0.25, 0.3) is 0 Å². The molecule has 94 heavy (non-hydrogen) atoms. The number of unbranched alkanes of at least 4 members (excludes halogenated alkanes) is 35. The highest BCUT2D eigenvalue weighted by molar-refractivity contribution is 7.47. The van der Waals surface area contributed by atoms with Gasteiger partial charge >= 0.3 is 39.5 Å². The Labute approximate surface area is 575 Å². The normalized spacial score (nSPS) is 15.0. The van der Waals surface area contributed by atoms with E-state index in [0.717, 1.165) is 114 Å². The molecule has 0 aromatic carbocycles. The number of hydrogen-bond donors (Lipinski definition) is 3. The molecular formula is C75H146O17P2. The molecule has 0 bridgehead atoms. The second-order valence-corrected chi connectivity index (χ2v) is 31.1. The summed E-state index contributed by atoms with van der Waals surface area (Å²) < 4.78 is 68.5. The maximum Gasteiger partial charge on any atom is 0.472 e. The lowest BCUT2D eigenvalue weighted by Gasteiger charge is -2.21. The number of carbonyl (C=O) groups is 4. The zero-order chi connectivity index (χ0) is 69.6. The summed E-state index contributed by atoms with van der Waals surface area (Å²) in [6.45, 7) is 14.2. The van der Waals surface area contributed by atoms with Crippen molar-refractivity contribution in [2.75, 3.05) is 39.6 Å². The molecule has 0 aliphatic heterocycles. The fraction of sp³-hybridized carbons (Fsp3) is 0.947. The first-order valence-corrected chi connectivity index (χ1v) is 41.8. The molecule has 0 saturated carbocycles. The first kappa shape index (κ1) is 92.1. The van der Waals surface area contributed by atoms with Crippen LogP contribution in [0, 0.1) is 23.7 Å². The van der Waals surface area contributed by atoms with Gasteiger partial charge in [-0.05, 0) is 49.4 Å². The van der Waals surface area contributed by atoms with E-state index in [2.05, 4.69) is 55.4 Å². The summed E-state index contributed by atoms with van der Waals surface area (Å²) in [6, 6.07) is 0. The van der Waals surface area contributed by atoms with E-state index in [9.17, 15) is 43.2 Å². The van der Waals surface area contributed by atoms with E-state index in [1.807, 2.05) is 0 Å². The van der Waals surface area contributed by atoms with Crippen molar-refractivity contribution in [1.82, 2.24) is 0 Å². The maximum atomic E-state index is 13.1. The van der Waals surface area contributed by atoms with Crippen LogP contribution in [0.25, 0.3) is 0 Å². The molecule has 19 heteroatoms. The molecule has 0 radical (unpaired) electrons. The van der Waals surface area contributed by atoms with E-state index in [1.165, 1.54) is 180 Å². The van der Waals surface area contributed by atoms with Crippen LogP contribution in [0.15, 0.2) is 0 Å². The number of rotatable bonds is 72. The van der Waals surface area contributed by atoms with Crippen LogP contribution >= 0.6 is 15.6 Å². The molecule has 5 unspecified atom stereocenters. The van der Waals surface area contributed by atoms with Gasteiger partial charge in [0.05, 0.1) is 26.4 Å². The average Bonchev–Trinajstić information content (AvgIpc) is 1.92. The summed E-state index contributed by atoms with van der Waals surface area (Å²) in [7, 11) is -9.91. The van der Waals surface area contributed by atoms with Crippen molar-refractivity contribution in [3.63, 3.8) is 0 Å². The number of esters is 4. The molecule has 558 valence electrons. The van der Waals surface area contributed by atoms with Crippen molar-refractivity contribution in [3.05, 3.63) is 0 Å². The Morgan fingerprint density at radius 1 is 0.298 bits per heavy atom. The van der Waals surface area contributed by atoms with Gasteiger partial charge in [0, 0.05) is 25.7 Å². The van der Waals surface area contributed by atoms with Crippen LogP contribution in [0.1, 0.15) is 376 Å². The summed E-state index contributed by atoms with van der Waals surface area (Å²) in [5.41, 5.74) is 0. The molecule has 0 rings (SSSR count). The monoisotopic (exact) mass is 1380 g/mol. The number of phosphoric ester groups is 2. The third-order valence-corrected chi connectivity index (χ3v) is 20.3. The van der Waals surface area contributed by atoms with Crippen LogP contribution in [0.4, 0.5) is 0 Å². The number of phosphoric acid groups is 2. The number of aliphatic hydroxyl groups excluding tert-OH is 1. The maximum absolute atomic E-state index is 13.1. The Morgan fingerprint density at radius 2 is 0.511 bits per heavy atom. The second kappa shape index (κ2) is 64.4. The van der Waals surface area contributed by atoms with Gasteiger partial charge < -0.3 is 33.8 Å². The van der Waals surface area contributed by atoms with Gasteiger partial charge in [0.1, 0.15) is 19.3 Å². The van der Waals surface area contributed by atoms with E-state index < -0.39 is 97.5 Å². The summed E-state index contributed by atoms with van der Waals surface area (Å²) >= 11 is 0. The molecular weight excluding hydrogens is 1230 g/mol. The second-order valence-electron chi connectivity index (χ2n) is 28.2. The van der Waals surface area contributed by atoms with Gasteiger partial charge in [-0.3, -0.25) is 37.3 Å². The molecule has 0 fully saturated rings. The Bertz CT molecular complexity index is 1860. The van der Waals surface area contributed by atoms with E-state index in [4.69, 9.17) is 37.0 Å². The van der Waals surface area contributed by atoms with Crippen LogP contribution in [-0.4, -0.2) is 96.7 Å². The van der Waals surface area contributed by atoms with Gasteiger partial charge in [0.15, 0.2) is 12.2 Å². The quantitative estimate of drug-likeness (QED) is 0.0222. The third kappa shape index (κ3) is 64.7. The number of ether oxygens (including phenoxy) is 4. The van der Waals surface area contributed by atoms with Gasteiger partial charge in [-0.1, -0.05) is 325 Å². The minimum absolute atomic E-state index is 0.104. The van der Waals surface area contributed by atoms with E-state index in [-0.39, 0.29) is 25.7 Å².